The average molecular weight is 672 g/mol. The number of alkyl halides is 2. The molecule has 0 fully saturated rings. The molecule has 0 N–H and O–H groups in total. The predicted octanol–water partition coefficient (Wildman–Crippen LogP) is 11.5. The van der Waals surface area contributed by atoms with Crippen molar-refractivity contribution >= 4 is 6.08 Å². The van der Waals surface area contributed by atoms with Crippen LogP contribution in [-0.2, 0) is 6.42 Å². The van der Waals surface area contributed by atoms with Crippen molar-refractivity contribution in [2.24, 2.45) is 0 Å². The molecule has 0 aliphatic carbocycles. The minimum Gasteiger partial charge on any atom is -0.429 e. The molecule has 2 nitrogen and oxygen atoms in total. The molecule has 1 aromatic heterocycles. The molecule has 0 spiro atoms. The van der Waals surface area contributed by atoms with Gasteiger partial charge in [-0.05, 0) is 84.1 Å². The summed E-state index contributed by atoms with van der Waals surface area (Å²) in [6.07, 6.45) is 2.07. The van der Waals surface area contributed by atoms with E-state index >= 15 is 4.39 Å². The zero-order chi connectivity index (χ0) is 34.6. The quantitative estimate of drug-likeness (QED) is 0.0792. The largest absolute Gasteiger partial charge is 0.429 e. The number of aryl methyl sites for hydroxylation is 1. The molecule has 1 heterocycles. The molecule has 0 aliphatic rings. The highest BCUT2D eigenvalue weighted by Crippen LogP contribution is 2.33. The zero-order valence-electron chi connectivity index (χ0n) is 25.2. The highest BCUT2D eigenvalue weighted by molar-refractivity contribution is 5.71. The van der Waals surface area contributed by atoms with Crippen LogP contribution >= 0.6 is 0 Å². The van der Waals surface area contributed by atoms with Gasteiger partial charge in [0.15, 0.2) is 17.5 Å². The summed E-state index contributed by atoms with van der Waals surface area (Å²) in [5.41, 5.74) is 0.00909. The number of hydrogen-bond donors (Lipinski definition) is 0. The fourth-order valence-corrected chi connectivity index (χ4v) is 5.01. The molecule has 11 heteroatoms. The first-order valence-corrected chi connectivity index (χ1v) is 14.8. The van der Waals surface area contributed by atoms with Crippen molar-refractivity contribution in [2.45, 2.75) is 38.7 Å². The summed E-state index contributed by atoms with van der Waals surface area (Å²) in [6, 6.07) is 12.6. The van der Waals surface area contributed by atoms with Crippen LogP contribution < -0.4 is 4.74 Å². The van der Waals surface area contributed by atoms with Crippen molar-refractivity contribution in [3.8, 4) is 39.3 Å². The highest BCUT2D eigenvalue weighted by atomic mass is 19.3. The molecule has 248 valence electrons. The minimum absolute atomic E-state index is 0.0299. The summed E-state index contributed by atoms with van der Waals surface area (Å²) < 4.78 is 133. The molecule has 5 rings (SSSR count). The maximum atomic E-state index is 15.1. The van der Waals surface area contributed by atoms with Crippen molar-refractivity contribution in [3.05, 3.63) is 137 Å². The summed E-state index contributed by atoms with van der Waals surface area (Å²) >= 11 is 0. The molecule has 0 amide bonds. The second kappa shape index (κ2) is 14.4. The van der Waals surface area contributed by atoms with Crippen molar-refractivity contribution in [3.63, 3.8) is 0 Å². The number of unbranched alkanes of at least 4 members (excludes halogenated alkanes) is 2. The Morgan fingerprint density at radius 2 is 1.23 bits per heavy atom. The van der Waals surface area contributed by atoms with Gasteiger partial charge in [-0.1, -0.05) is 38.0 Å². The number of halogens is 9. The van der Waals surface area contributed by atoms with Gasteiger partial charge < -0.3 is 4.74 Å². The van der Waals surface area contributed by atoms with E-state index in [0.29, 0.717) is 35.5 Å². The number of aromatic nitrogens is 1. The Labute approximate surface area is 270 Å². The van der Waals surface area contributed by atoms with Gasteiger partial charge in [0.05, 0.1) is 5.69 Å². The summed E-state index contributed by atoms with van der Waals surface area (Å²) in [6.45, 7) is 2.11. The predicted molar refractivity (Wildman–Crippen MR) is 165 cm³/mol. The Balaban J connectivity index is 1.30. The smallest absolute Gasteiger partial charge is 0.419 e. The van der Waals surface area contributed by atoms with Crippen molar-refractivity contribution < 1.29 is 44.3 Å². The molecule has 0 aliphatic heterocycles. The number of pyridine rings is 1. The van der Waals surface area contributed by atoms with Gasteiger partial charge in [-0.3, -0.25) is 4.98 Å². The molecule has 0 unspecified atom stereocenters. The van der Waals surface area contributed by atoms with E-state index < -0.39 is 69.3 Å². The van der Waals surface area contributed by atoms with Gasteiger partial charge in [0.1, 0.15) is 29.0 Å². The van der Waals surface area contributed by atoms with Gasteiger partial charge in [0, 0.05) is 40.6 Å². The van der Waals surface area contributed by atoms with Crippen LogP contribution in [0.5, 0.6) is 5.75 Å². The third-order valence-corrected chi connectivity index (χ3v) is 7.48. The number of rotatable bonds is 11. The van der Waals surface area contributed by atoms with Crippen LogP contribution in [0.1, 0.15) is 37.3 Å². The number of hydrogen-bond acceptors (Lipinski definition) is 2. The van der Waals surface area contributed by atoms with Crippen LogP contribution in [0, 0.1) is 40.7 Å². The summed E-state index contributed by atoms with van der Waals surface area (Å²) in [7, 11) is 0. The number of nitrogens with zero attached hydrogens (tertiary/aromatic N) is 1. The van der Waals surface area contributed by atoms with E-state index in [1.807, 2.05) is 6.07 Å². The van der Waals surface area contributed by atoms with Crippen LogP contribution in [0.2, 0.25) is 0 Å². The molecule has 0 radical (unpaired) electrons. The van der Waals surface area contributed by atoms with Crippen LogP contribution in [0.4, 0.5) is 39.5 Å². The fourth-order valence-electron chi connectivity index (χ4n) is 5.01. The summed E-state index contributed by atoms with van der Waals surface area (Å²) in [4.78, 5) is 4.39. The Morgan fingerprint density at radius 3 is 1.79 bits per heavy atom. The first kappa shape index (κ1) is 34.3. The lowest BCUT2D eigenvalue weighted by Crippen LogP contribution is -2.21. The number of benzene rings is 4. The van der Waals surface area contributed by atoms with Gasteiger partial charge in [0.2, 0.25) is 0 Å². The SMILES string of the molecule is CCCCCc1ccc(-c2ccc(-c3cc(F)c(C=CC(F)(F)Oc4ccc(-c5cc(F)c(F)c(F)c5)c(F)c4)c(F)c3)c(F)c2)nc1. The molecule has 0 atom stereocenters. The monoisotopic (exact) mass is 671 g/mol. The normalized spacial score (nSPS) is 11.8. The first-order chi connectivity index (χ1) is 22.8. The molecular formula is C37H26F9NO. The molecule has 4 aromatic carbocycles. The average Bonchev–Trinajstić information content (AvgIpc) is 3.03. The highest BCUT2D eigenvalue weighted by Gasteiger charge is 2.29. The van der Waals surface area contributed by atoms with E-state index in [-0.39, 0.29) is 17.2 Å². The Morgan fingerprint density at radius 1 is 0.646 bits per heavy atom. The Hall–Kier alpha value is -5.06. The zero-order valence-corrected chi connectivity index (χ0v) is 25.2. The lowest BCUT2D eigenvalue weighted by atomic mass is 9.99. The summed E-state index contributed by atoms with van der Waals surface area (Å²) in [5, 5.41) is 0. The Kier molecular flexibility index (Phi) is 10.3. The summed E-state index contributed by atoms with van der Waals surface area (Å²) in [5.74, 6) is -10.2. The number of ether oxygens (including phenoxy) is 1. The molecule has 5 aromatic rings. The second-order valence-corrected chi connectivity index (χ2v) is 10.9. The van der Waals surface area contributed by atoms with E-state index in [1.165, 1.54) is 12.1 Å². The third kappa shape index (κ3) is 7.90. The Bertz CT molecular complexity index is 1930. The van der Waals surface area contributed by atoms with E-state index in [2.05, 4.69) is 16.6 Å². The van der Waals surface area contributed by atoms with E-state index in [1.54, 1.807) is 18.3 Å². The van der Waals surface area contributed by atoms with Crippen LogP contribution in [-0.4, -0.2) is 11.1 Å². The van der Waals surface area contributed by atoms with Crippen LogP contribution in [0.15, 0.2) is 85.1 Å². The molecule has 0 bridgehead atoms. The van der Waals surface area contributed by atoms with Gasteiger partial charge in [0.25, 0.3) is 0 Å². The van der Waals surface area contributed by atoms with Gasteiger partial charge >= 0.3 is 6.11 Å². The fraction of sp³-hybridized carbons (Fsp3) is 0.162. The van der Waals surface area contributed by atoms with Gasteiger partial charge in [-0.15, -0.1) is 0 Å². The maximum Gasteiger partial charge on any atom is 0.419 e. The van der Waals surface area contributed by atoms with Crippen molar-refractivity contribution in [1.29, 1.82) is 0 Å². The van der Waals surface area contributed by atoms with Crippen LogP contribution in [0.3, 0.4) is 0 Å². The molecule has 0 saturated heterocycles. The van der Waals surface area contributed by atoms with Crippen LogP contribution in [0.25, 0.3) is 39.6 Å². The van der Waals surface area contributed by atoms with Crippen molar-refractivity contribution in [1.82, 2.24) is 4.98 Å². The standard InChI is InChI=1S/C37H26F9NO/c1-2-3-4-5-21-6-11-35(47-20-21)22-7-9-26(29(38)14-22)23-15-30(39)28(31(40)16-23)12-13-37(45,46)48-25-8-10-27(32(41)19-25)24-17-33(42)36(44)34(43)18-24/h6-20H,2-5H2,1H3. The van der Waals surface area contributed by atoms with Crippen molar-refractivity contribution in [2.75, 3.05) is 0 Å². The second-order valence-electron chi connectivity index (χ2n) is 10.9. The maximum absolute atomic E-state index is 15.1. The lowest BCUT2D eigenvalue weighted by molar-refractivity contribution is -0.131. The first-order valence-electron chi connectivity index (χ1n) is 14.8. The minimum atomic E-state index is -4.21. The molecule has 48 heavy (non-hydrogen) atoms. The lowest BCUT2D eigenvalue weighted by Gasteiger charge is -2.15. The van der Waals surface area contributed by atoms with E-state index in [4.69, 9.17) is 0 Å². The molecular weight excluding hydrogens is 645 g/mol. The molecule has 0 saturated carbocycles. The topological polar surface area (TPSA) is 22.1 Å². The van der Waals surface area contributed by atoms with E-state index in [9.17, 15) is 35.1 Å². The third-order valence-electron chi connectivity index (χ3n) is 7.48. The van der Waals surface area contributed by atoms with E-state index in [0.717, 1.165) is 55.5 Å². The van der Waals surface area contributed by atoms with Gasteiger partial charge in [-0.25, -0.2) is 30.7 Å². The van der Waals surface area contributed by atoms with Gasteiger partial charge in [-0.2, -0.15) is 8.78 Å².